The van der Waals surface area contributed by atoms with Crippen LogP contribution in [-0.2, 0) is 14.3 Å². The van der Waals surface area contributed by atoms with Crippen molar-refractivity contribution < 1.29 is 34.4 Å². The summed E-state index contributed by atoms with van der Waals surface area (Å²) >= 11 is 0. The molecule has 2 unspecified atom stereocenters. The predicted molar refractivity (Wildman–Crippen MR) is 76.5 cm³/mol. The van der Waals surface area contributed by atoms with Gasteiger partial charge in [0, 0.05) is 0 Å². The predicted octanol–water partition coefficient (Wildman–Crippen LogP) is 1.20. The maximum absolute atomic E-state index is 11.7. The second-order valence-corrected chi connectivity index (χ2v) is 4.90. The molecule has 122 valence electrons. The molecule has 0 aliphatic heterocycles. The number of carbonyl (C=O) groups excluding carboxylic acids is 2. The quantitative estimate of drug-likeness (QED) is 0.512. The SMILES string of the molecule is CCC(C)C(=O)OCC(O)COC(=O)c1ccc(O)c(O)c1. The van der Waals surface area contributed by atoms with Crippen LogP contribution >= 0.6 is 0 Å². The lowest BCUT2D eigenvalue weighted by molar-refractivity contribution is -0.151. The molecule has 22 heavy (non-hydrogen) atoms. The molecular weight excluding hydrogens is 292 g/mol. The molecule has 0 fully saturated rings. The lowest BCUT2D eigenvalue weighted by atomic mass is 10.1. The Labute approximate surface area is 128 Å². The van der Waals surface area contributed by atoms with Gasteiger partial charge in [0.1, 0.15) is 19.3 Å². The molecule has 1 aromatic rings. The van der Waals surface area contributed by atoms with E-state index in [1.54, 1.807) is 6.92 Å². The Kier molecular flexibility index (Phi) is 6.65. The summed E-state index contributed by atoms with van der Waals surface area (Å²) in [6, 6.07) is 3.47. The largest absolute Gasteiger partial charge is 0.504 e. The van der Waals surface area contributed by atoms with Crippen LogP contribution in [0.4, 0.5) is 0 Å². The van der Waals surface area contributed by atoms with Crippen LogP contribution in [0.25, 0.3) is 0 Å². The molecule has 0 amide bonds. The van der Waals surface area contributed by atoms with Crippen LogP contribution in [0.1, 0.15) is 30.6 Å². The van der Waals surface area contributed by atoms with E-state index in [9.17, 15) is 19.8 Å². The fourth-order valence-electron chi connectivity index (χ4n) is 1.44. The van der Waals surface area contributed by atoms with Crippen molar-refractivity contribution in [3.8, 4) is 11.5 Å². The summed E-state index contributed by atoms with van der Waals surface area (Å²) in [5, 5.41) is 28.0. The van der Waals surface area contributed by atoms with Crippen LogP contribution < -0.4 is 0 Å². The van der Waals surface area contributed by atoms with Gasteiger partial charge in [0.15, 0.2) is 11.5 Å². The monoisotopic (exact) mass is 312 g/mol. The second-order valence-electron chi connectivity index (χ2n) is 4.90. The van der Waals surface area contributed by atoms with Crippen molar-refractivity contribution in [2.45, 2.75) is 26.4 Å². The van der Waals surface area contributed by atoms with Gasteiger partial charge in [-0.05, 0) is 24.6 Å². The molecule has 0 saturated carbocycles. The Morgan fingerprint density at radius 3 is 2.36 bits per heavy atom. The molecule has 0 aliphatic rings. The van der Waals surface area contributed by atoms with Crippen molar-refractivity contribution in [3.05, 3.63) is 23.8 Å². The number of esters is 2. The molecule has 0 spiro atoms. The van der Waals surface area contributed by atoms with E-state index in [1.807, 2.05) is 6.92 Å². The van der Waals surface area contributed by atoms with Gasteiger partial charge in [0.05, 0.1) is 11.5 Å². The summed E-state index contributed by atoms with van der Waals surface area (Å²) < 4.78 is 9.71. The first-order chi connectivity index (χ1) is 10.3. The highest BCUT2D eigenvalue weighted by Crippen LogP contribution is 2.25. The normalized spacial score (nSPS) is 13.2. The Balaban J connectivity index is 2.40. The highest BCUT2D eigenvalue weighted by atomic mass is 16.6. The van der Waals surface area contributed by atoms with E-state index in [1.165, 1.54) is 6.07 Å². The van der Waals surface area contributed by atoms with E-state index in [-0.39, 0.29) is 30.4 Å². The molecule has 2 atom stereocenters. The topological polar surface area (TPSA) is 113 Å². The van der Waals surface area contributed by atoms with Crippen molar-refractivity contribution in [1.29, 1.82) is 0 Å². The van der Waals surface area contributed by atoms with E-state index < -0.39 is 23.8 Å². The van der Waals surface area contributed by atoms with Gasteiger partial charge in [-0.25, -0.2) is 4.79 Å². The summed E-state index contributed by atoms with van der Waals surface area (Å²) in [5.74, 6) is -2.25. The lowest BCUT2D eigenvalue weighted by Gasteiger charge is -2.14. The summed E-state index contributed by atoms with van der Waals surface area (Å²) in [6.07, 6.45) is -0.503. The molecule has 7 heteroatoms. The third kappa shape index (κ3) is 5.25. The van der Waals surface area contributed by atoms with Gasteiger partial charge < -0.3 is 24.8 Å². The highest BCUT2D eigenvalue weighted by molar-refractivity contribution is 5.90. The number of hydrogen-bond acceptors (Lipinski definition) is 7. The molecule has 3 N–H and O–H groups in total. The van der Waals surface area contributed by atoms with Gasteiger partial charge in [-0.2, -0.15) is 0 Å². The number of benzene rings is 1. The van der Waals surface area contributed by atoms with Crippen molar-refractivity contribution in [2.24, 2.45) is 5.92 Å². The number of rotatable bonds is 7. The van der Waals surface area contributed by atoms with Crippen LogP contribution in [0.5, 0.6) is 11.5 Å². The number of phenols is 2. The molecule has 0 radical (unpaired) electrons. The molecule has 1 rings (SSSR count). The Morgan fingerprint density at radius 1 is 1.14 bits per heavy atom. The average Bonchev–Trinajstić information content (AvgIpc) is 2.51. The first-order valence-corrected chi connectivity index (χ1v) is 6.89. The lowest BCUT2D eigenvalue weighted by Crippen LogP contribution is -2.27. The van der Waals surface area contributed by atoms with Gasteiger partial charge in [-0.1, -0.05) is 13.8 Å². The molecule has 1 aromatic carbocycles. The van der Waals surface area contributed by atoms with Crippen LogP contribution in [0.15, 0.2) is 18.2 Å². The van der Waals surface area contributed by atoms with Gasteiger partial charge in [-0.3, -0.25) is 4.79 Å². The molecule has 0 heterocycles. The minimum atomic E-state index is -1.14. The summed E-state index contributed by atoms with van der Waals surface area (Å²) in [7, 11) is 0. The summed E-state index contributed by atoms with van der Waals surface area (Å²) in [6.45, 7) is 2.94. The minimum Gasteiger partial charge on any atom is -0.504 e. The first kappa shape index (κ1) is 17.8. The van der Waals surface area contributed by atoms with Gasteiger partial charge in [-0.15, -0.1) is 0 Å². The Hall–Kier alpha value is -2.28. The van der Waals surface area contributed by atoms with Gasteiger partial charge in [0.2, 0.25) is 0 Å². The fraction of sp³-hybridized carbons (Fsp3) is 0.467. The fourth-order valence-corrected chi connectivity index (χ4v) is 1.44. The van der Waals surface area contributed by atoms with E-state index in [0.29, 0.717) is 6.42 Å². The van der Waals surface area contributed by atoms with E-state index in [0.717, 1.165) is 12.1 Å². The van der Waals surface area contributed by atoms with Crippen molar-refractivity contribution >= 4 is 11.9 Å². The number of carbonyl (C=O) groups is 2. The molecule has 0 saturated heterocycles. The Morgan fingerprint density at radius 2 is 1.77 bits per heavy atom. The molecule has 0 bridgehead atoms. The Bertz CT molecular complexity index is 527. The zero-order valence-corrected chi connectivity index (χ0v) is 12.5. The smallest absolute Gasteiger partial charge is 0.338 e. The number of aliphatic hydroxyl groups excluding tert-OH is 1. The summed E-state index contributed by atoms with van der Waals surface area (Å²) in [4.78, 5) is 23.1. The highest BCUT2D eigenvalue weighted by Gasteiger charge is 2.16. The third-order valence-electron chi connectivity index (χ3n) is 3.05. The molecule has 0 aliphatic carbocycles. The number of aromatic hydroxyl groups is 2. The van der Waals surface area contributed by atoms with E-state index in [2.05, 4.69) is 0 Å². The summed E-state index contributed by atoms with van der Waals surface area (Å²) in [5.41, 5.74) is 0.0269. The molecule has 7 nitrogen and oxygen atoms in total. The standard InChI is InChI=1S/C15H20O7/c1-3-9(2)14(19)21-7-11(16)8-22-15(20)10-4-5-12(17)13(18)6-10/h4-6,9,11,16-18H,3,7-8H2,1-2H3. The second kappa shape index (κ2) is 8.23. The number of hydrogen-bond donors (Lipinski definition) is 3. The van der Waals surface area contributed by atoms with Crippen LogP contribution in [-0.4, -0.2) is 46.6 Å². The maximum Gasteiger partial charge on any atom is 0.338 e. The molecular formula is C15H20O7. The van der Waals surface area contributed by atoms with E-state index in [4.69, 9.17) is 14.6 Å². The van der Waals surface area contributed by atoms with Gasteiger partial charge in [0.25, 0.3) is 0 Å². The zero-order chi connectivity index (χ0) is 16.7. The minimum absolute atomic E-state index is 0.0269. The number of phenolic OH excluding ortho intramolecular Hbond substituents is 2. The maximum atomic E-state index is 11.7. The average molecular weight is 312 g/mol. The van der Waals surface area contributed by atoms with Crippen molar-refractivity contribution in [2.75, 3.05) is 13.2 Å². The zero-order valence-electron chi connectivity index (χ0n) is 12.5. The van der Waals surface area contributed by atoms with E-state index >= 15 is 0 Å². The third-order valence-corrected chi connectivity index (χ3v) is 3.05. The van der Waals surface area contributed by atoms with Crippen LogP contribution in [0, 0.1) is 5.92 Å². The van der Waals surface area contributed by atoms with Crippen molar-refractivity contribution in [1.82, 2.24) is 0 Å². The van der Waals surface area contributed by atoms with Crippen molar-refractivity contribution in [3.63, 3.8) is 0 Å². The van der Waals surface area contributed by atoms with Crippen LogP contribution in [0.3, 0.4) is 0 Å². The van der Waals surface area contributed by atoms with Gasteiger partial charge >= 0.3 is 11.9 Å². The number of aliphatic hydroxyl groups is 1. The first-order valence-electron chi connectivity index (χ1n) is 6.89. The number of ether oxygens (including phenoxy) is 2. The van der Waals surface area contributed by atoms with Crippen LogP contribution in [0.2, 0.25) is 0 Å². The molecule has 0 aromatic heterocycles.